The topological polar surface area (TPSA) is 38.8 Å². The number of hydrogen-bond donors (Lipinski definition) is 0. The number of halogens is 3. The average Bonchev–Trinajstić information content (AvgIpc) is 2.35. The molecule has 0 bridgehead atoms. The molecule has 0 atom stereocenters. The molecule has 1 fully saturated rings. The molecule has 2 rings (SSSR count). The molecule has 1 aliphatic rings. The number of rotatable bonds is 4. The van der Waals surface area contributed by atoms with Gasteiger partial charge in [0.25, 0.3) is 5.91 Å². The second-order valence-electron chi connectivity index (χ2n) is 4.46. The minimum atomic E-state index is -4.34. The Balaban J connectivity index is 1.88. The van der Waals surface area contributed by atoms with Gasteiger partial charge in [-0.15, -0.1) is 0 Å². The Morgan fingerprint density at radius 2 is 2.00 bits per heavy atom. The number of alkyl halides is 3. The van der Waals surface area contributed by atoms with Gasteiger partial charge in [0.15, 0.2) is 0 Å². The predicted molar refractivity (Wildman–Crippen MR) is 64.7 cm³/mol. The maximum absolute atomic E-state index is 12.1. The van der Waals surface area contributed by atoms with Crippen LogP contribution in [0.3, 0.4) is 0 Å². The first kappa shape index (κ1) is 14.6. The zero-order valence-electron chi connectivity index (χ0n) is 10.8. The van der Waals surface area contributed by atoms with Crippen LogP contribution < -0.4 is 4.74 Å². The van der Waals surface area contributed by atoms with Crippen LogP contribution in [-0.4, -0.2) is 49.9 Å². The van der Waals surface area contributed by atoms with Crippen LogP contribution in [-0.2, 0) is 4.74 Å². The van der Waals surface area contributed by atoms with Crippen LogP contribution in [0.2, 0.25) is 0 Å². The zero-order chi connectivity index (χ0) is 14.8. The zero-order valence-corrected chi connectivity index (χ0v) is 10.8. The Labute approximate surface area is 114 Å². The number of ether oxygens (including phenoxy) is 2. The summed E-state index contributed by atoms with van der Waals surface area (Å²) in [5.74, 6) is 0.173. The fraction of sp³-hybridized carbons (Fsp3) is 0.462. The van der Waals surface area contributed by atoms with Crippen molar-refractivity contribution in [2.24, 2.45) is 0 Å². The lowest BCUT2D eigenvalue weighted by molar-refractivity contribution is -0.196. The summed E-state index contributed by atoms with van der Waals surface area (Å²) in [6.07, 6.45) is -4.90. The molecular formula is C13H14F3NO3. The lowest BCUT2D eigenvalue weighted by Crippen LogP contribution is -2.55. The van der Waals surface area contributed by atoms with E-state index in [0.717, 1.165) is 0 Å². The summed E-state index contributed by atoms with van der Waals surface area (Å²) in [5.41, 5.74) is 0.393. The molecule has 20 heavy (non-hydrogen) atoms. The normalized spacial score (nSPS) is 15.9. The van der Waals surface area contributed by atoms with Crippen LogP contribution in [0.5, 0.6) is 5.75 Å². The van der Waals surface area contributed by atoms with Gasteiger partial charge in [-0.3, -0.25) is 4.79 Å². The molecule has 1 amide bonds. The minimum Gasteiger partial charge on any atom is -0.496 e. The van der Waals surface area contributed by atoms with Crippen LogP contribution in [0.1, 0.15) is 10.4 Å². The maximum Gasteiger partial charge on any atom is 0.411 e. The molecule has 1 saturated heterocycles. The number of carbonyl (C=O) groups excluding carboxylic acids is 1. The van der Waals surface area contributed by atoms with Gasteiger partial charge in [-0.1, -0.05) is 12.1 Å². The van der Waals surface area contributed by atoms with Gasteiger partial charge in [-0.25, -0.2) is 0 Å². The smallest absolute Gasteiger partial charge is 0.411 e. The summed E-state index contributed by atoms with van der Waals surface area (Å²) in [6, 6.07) is 6.71. The van der Waals surface area contributed by atoms with Gasteiger partial charge in [0.05, 0.1) is 18.8 Å². The Morgan fingerprint density at radius 1 is 1.35 bits per heavy atom. The van der Waals surface area contributed by atoms with Gasteiger partial charge in [-0.2, -0.15) is 13.2 Å². The number of benzene rings is 1. The Morgan fingerprint density at radius 3 is 2.60 bits per heavy atom. The fourth-order valence-corrected chi connectivity index (χ4v) is 1.91. The van der Waals surface area contributed by atoms with E-state index in [1.54, 1.807) is 24.3 Å². The van der Waals surface area contributed by atoms with Gasteiger partial charge in [0, 0.05) is 13.1 Å². The van der Waals surface area contributed by atoms with Crippen molar-refractivity contribution >= 4 is 5.91 Å². The van der Waals surface area contributed by atoms with E-state index in [4.69, 9.17) is 4.74 Å². The molecule has 1 heterocycles. The molecule has 1 aliphatic heterocycles. The molecule has 4 nitrogen and oxygen atoms in total. The van der Waals surface area contributed by atoms with Gasteiger partial charge in [-0.05, 0) is 12.1 Å². The Kier molecular flexibility index (Phi) is 4.17. The average molecular weight is 289 g/mol. The number of para-hydroxylation sites is 1. The minimum absolute atomic E-state index is 0.160. The highest BCUT2D eigenvalue weighted by molar-refractivity contribution is 5.97. The van der Waals surface area contributed by atoms with Crippen LogP contribution in [0.4, 0.5) is 13.2 Å². The number of methoxy groups -OCH3 is 1. The molecule has 0 radical (unpaired) electrons. The number of likely N-dealkylation sites (tertiary alicyclic amines) is 1. The standard InChI is InChI=1S/C13H14F3NO3/c1-19-11-5-3-2-4-10(11)12(18)17-6-9(7-17)20-8-13(14,15)16/h2-5,9H,6-8H2,1H3. The third kappa shape index (κ3) is 3.41. The Bertz CT molecular complexity index is 484. The van der Waals surface area contributed by atoms with E-state index >= 15 is 0 Å². The van der Waals surface area contributed by atoms with Crippen molar-refractivity contribution in [2.45, 2.75) is 12.3 Å². The number of nitrogens with zero attached hydrogens (tertiary/aromatic N) is 1. The number of hydrogen-bond acceptors (Lipinski definition) is 3. The highest BCUT2D eigenvalue weighted by atomic mass is 19.4. The quantitative estimate of drug-likeness (QED) is 0.852. The first-order valence-electron chi connectivity index (χ1n) is 6.01. The molecule has 0 aliphatic carbocycles. The molecular weight excluding hydrogens is 275 g/mol. The molecule has 0 unspecified atom stereocenters. The molecule has 1 aromatic carbocycles. The van der Waals surface area contributed by atoms with E-state index in [1.165, 1.54) is 12.0 Å². The van der Waals surface area contributed by atoms with Crippen molar-refractivity contribution in [1.29, 1.82) is 0 Å². The number of carbonyl (C=O) groups is 1. The van der Waals surface area contributed by atoms with E-state index in [1.807, 2.05) is 0 Å². The molecule has 1 aromatic rings. The summed E-state index contributed by atoms with van der Waals surface area (Å²) in [5, 5.41) is 0. The van der Waals surface area contributed by atoms with E-state index in [0.29, 0.717) is 11.3 Å². The van der Waals surface area contributed by atoms with Crippen molar-refractivity contribution in [3.63, 3.8) is 0 Å². The molecule has 0 spiro atoms. The summed E-state index contributed by atoms with van der Waals surface area (Å²) in [7, 11) is 1.46. The summed E-state index contributed by atoms with van der Waals surface area (Å²) in [6.45, 7) is -0.964. The van der Waals surface area contributed by atoms with E-state index in [9.17, 15) is 18.0 Å². The molecule has 110 valence electrons. The fourth-order valence-electron chi connectivity index (χ4n) is 1.91. The van der Waals surface area contributed by atoms with Gasteiger partial charge >= 0.3 is 6.18 Å². The summed E-state index contributed by atoms with van der Waals surface area (Å²) < 4.78 is 45.7. The number of amides is 1. The highest BCUT2D eigenvalue weighted by Gasteiger charge is 2.36. The van der Waals surface area contributed by atoms with Gasteiger partial charge in [0.1, 0.15) is 12.4 Å². The largest absolute Gasteiger partial charge is 0.496 e. The van der Waals surface area contributed by atoms with E-state index in [2.05, 4.69) is 4.74 Å². The van der Waals surface area contributed by atoms with E-state index < -0.39 is 18.9 Å². The molecule has 0 N–H and O–H groups in total. The van der Waals surface area contributed by atoms with Crippen molar-refractivity contribution in [2.75, 3.05) is 26.8 Å². The second kappa shape index (κ2) is 5.70. The monoisotopic (exact) mass is 289 g/mol. The van der Waals surface area contributed by atoms with Gasteiger partial charge < -0.3 is 14.4 Å². The van der Waals surface area contributed by atoms with Gasteiger partial charge in [0.2, 0.25) is 0 Å². The lowest BCUT2D eigenvalue weighted by atomic mass is 10.1. The van der Waals surface area contributed by atoms with Crippen LogP contribution in [0.25, 0.3) is 0 Å². The SMILES string of the molecule is COc1ccccc1C(=O)N1CC(OCC(F)(F)F)C1. The van der Waals surface area contributed by atoms with Crippen LogP contribution >= 0.6 is 0 Å². The van der Waals surface area contributed by atoms with Crippen molar-refractivity contribution in [3.8, 4) is 5.75 Å². The lowest BCUT2D eigenvalue weighted by Gasteiger charge is -2.39. The highest BCUT2D eigenvalue weighted by Crippen LogP contribution is 2.24. The van der Waals surface area contributed by atoms with Crippen molar-refractivity contribution in [1.82, 2.24) is 4.90 Å². The molecule has 0 saturated carbocycles. The first-order valence-corrected chi connectivity index (χ1v) is 6.01. The summed E-state index contributed by atoms with van der Waals surface area (Å²) >= 11 is 0. The van der Waals surface area contributed by atoms with Crippen molar-refractivity contribution in [3.05, 3.63) is 29.8 Å². The maximum atomic E-state index is 12.1. The third-order valence-corrected chi connectivity index (χ3v) is 2.96. The van der Waals surface area contributed by atoms with Crippen LogP contribution in [0, 0.1) is 0 Å². The Hall–Kier alpha value is -1.76. The second-order valence-corrected chi connectivity index (χ2v) is 4.46. The van der Waals surface area contributed by atoms with E-state index in [-0.39, 0.29) is 19.0 Å². The predicted octanol–water partition coefficient (Wildman–Crippen LogP) is 2.10. The third-order valence-electron chi connectivity index (χ3n) is 2.96. The van der Waals surface area contributed by atoms with Crippen molar-refractivity contribution < 1.29 is 27.4 Å². The van der Waals surface area contributed by atoms with Crippen LogP contribution in [0.15, 0.2) is 24.3 Å². The summed E-state index contributed by atoms with van der Waals surface area (Å²) in [4.78, 5) is 13.6. The molecule has 7 heteroatoms. The molecule has 0 aromatic heterocycles. The first-order chi connectivity index (χ1) is 9.40.